The molecule has 2 N–H and O–H groups in total. The Bertz CT molecular complexity index is 541. The molecule has 0 aliphatic carbocycles. The summed E-state index contributed by atoms with van der Waals surface area (Å²) in [4.78, 5) is 22.4. The van der Waals surface area contributed by atoms with E-state index in [2.05, 4.69) is 21.2 Å². The van der Waals surface area contributed by atoms with Gasteiger partial charge in [0.2, 0.25) is 5.91 Å². The predicted octanol–water partition coefficient (Wildman–Crippen LogP) is 2.58. The zero-order valence-electron chi connectivity index (χ0n) is 10.4. The van der Waals surface area contributed by atoms with Gasteiger partial charge in [0.15, 0.2) is 0 Å². The van der Waals surface area contributed by atoms with Crippen molar-refractivity contribution in [3.63, 3.8) is 0 Å². The van der Waals surface area contributed by atoms with Crippen LogP contribution in [0.15, 0.2) is 28.7 Å². The third kappa shape index (κ3) is 4.48. The summed E-state index contributed by atoms with van der Waals surface area (Å²) >= 11 is 3.19. The predicted molar refractivity (Wildman–Crippen MR) is 73.0 cm³/mol. The monoisotopic (exact) mass is 329 g/mol. The molecule has 0 fully saturated rings. The molecule has 0 aliphatic rings. The number of benzene rings is 1. The zero-order chi connectivity index (χ0) is 14.6. The molecule has 4 nitrogen and oxygen atoms in total. The molecular weight excluding hydrogens is 317 g/mol. The minimum atomic E-state index is -1.38. The molecule has 0 saturated heterocycles. The van der Waals surface area contributed by atoms with E-state index >= 15 is 0 Å². The van der Waals surface area contributed by atoms with Crippen LogP contribution in [0.3, 0.4) is 0 Å². The summed E-state index contributed by atoms with van der Waals surface area (Å²) < 4.78 is 14.1. The van der Waals surface area contributed by atoms with Crippen molar-refractivity contribution in [3.8, 4) is 0 Å². The van der Waals surface area contributed by atoms with Gasteiger partial charge in [0, 0.05) is 16.1 Å². The van der Waals surface area contributed by atoms with Crippen molar-refractivity contribution in [1.29, 1.82) is 0 Å². The van der Waals surface area contributed by atoms with Crippen molar-refractivity contribution in [2.24, 2.45) is 0 Å². The number of carbonyl (C=O) groups is 2. The average Bonchev–Trinajstić information content (AvgIpc) is 2.29. The second-order valence-corrected chi connectivity index (χ2v) is 5.33. The number of carboxylic acids is 1. The van der Waals surface area contributed by atoms with Crippen LogP contribution in [0.2, 0.25) is 0 Å². The van der Waals surface area contributed by atoms with Crippen LogP contribution in [0.25, 0.3) is 6.08 Å². The zero-order valence-corrected chi connectivity index (χ0v) is 12.0. The van der Waals surface area contributed by atoms with Crippen molar-refractivity contribution < 1.29 is 19.1 Å². The van der Waals surface area contributed by atoms with Gasteiger partial charge in [-0.25, -0.2) is 9.18 Å². The first-order valence-electron chi connectivity index (χ1n) is 5.41. The first-order valence-corrected chi connectivity index (χ1v) is 6.20. The molecule has 0 atom stereocenters. The van der Waals surface area contributed by atoms with Gasteiger partial charge in [-0.1, -0.05) is 15.9 Å². The summed E-state index contributed by atoms with van der Waals surface area (Å²) in [5.41, 5.74) is -1.14. The first-order chi connectivity index (χ1) is 8.72. The van der Waals surface area contributed by atoms with Crippen molar-refractivity contribution in [2.75, 3.05) is 0 Å². The maximum Gasteiger partial charge on any atom is 0.328 e. The Hall–Kier alpha value is -1.69. The van der Waals surface area contributed by atoms with E-state index in [1.807, 2.05) is 0 Å². The van der Waals surface area contributed by atoms with Crippen molar-refractivity contribution in [1.82, 2.24) is 5.32 Å². The Morgan fingerprint density at radius 2 is 2.05 bits per heavy atom. The van der Waals surface area contributed by atoms with E-state index in [0.717, 1.165) is 6.08 Å². The molecule has 1 rings (SSSR count). The lowest BCUT2D eigenvalue weighted by Crippen LogP contribution is -2.49. The number of carbonyl (C=O) groups excluding carboxylic acids is 1. The highest BCUT2D eigenvalue weighted by Gasteiger charge is 2.27. The van der Waals surface area contributed by atoms with Crippen LogP contribution in [-0.2, 0) is 9.59 Å². The van der Waals surface area contributed by atoms with E-state index in [1.54, 1.807) is 6.07 Å². The molecule has 0 aliphatic heterocycles. The summed E-state index contributed by atoms with van der Waals surface area (Å²) in [6, 6.07) is 4.32. The summed E-state index contributed by atoms with van der Waals surface area (Å²) in [7, 11) is 0. The van der Waals surface area contributed by atoms with Gasteiger partial charge in [0.25, 0.3) is 0 Å². The Morgan fingerprint density at radius 1 is 1.42 bits per heavy atom. The fraction of sp³-hybridized carbons (Fsp3) is 0.231. The van der Waals surface area contributed by atoms with Crippen LogP contribution in [0.1, 0.15) is 19.4 Å². The Kier molecular flexibility index (Phi) is 4.83. The fourth-order valence-electron chi connectivity index (χ4n) is 1.21. The van der Waals surface area contributed by atoms with Crippen molar-refractivity contribution >= 4 is 33.9 Å². The molecule has 0 spiro atoms. The molecule has 102 valence electrons. The van der Waals surface area contributed by atoms with Crippen LogP contribution in [0.4, 0.5) is 4.39 Å². The molecule has 0 saturated carbocycles. The van der Waals surface area contributed by atoms with Gasteiger partial charge in [-0.3, -0.25) is 4.79 Å². The van der Waals surface area contributed by atoms with Crippen LogP contribution < -0.4 is 5.32 Å². The summed E-state index contributed by atoms with van der Waals surface area (Å²) in [5.74, 6) is -2.22. The molecule has 19 heavy (non-hydrogen) atoms. The molecule has 1 aromatic rings. The summed E-state index contributed by atoms with van der Waals surface area (Å²) in [6.45, 7) is 2.72. The average molecular weight is 330 g/mol. The van der Waals surface area contributed by atoms with E-state index in [1.165, 1.54) is 32.1 Å². The highest BCUT2D eigenvalue weighted by molar-refractivity contribution is 9.10. The minimum Gasteiger partial charge on any atom is -0.480 e. The van der Waals surface area contributed by atoms with Gasteiger partial charge in [-0.2, -0.15) is 0 Å². The lowest BCUT2D eigenvalue weighted by molar-refractivity contribution is -0.145. The van der Waals surface area contributed by atoms with E-state index < -0.39 is 23.2 Å². The molecular formula is C13H13BrFNO3. The molecule has 1 amide bonds. The summed E-state index contributed by atoms with van der Waals surface area (Å²) in [5, 5.41) is 11.2. The number of amides is 1. The van der Waals surface area contributed by atoms with Crippen LogP contribution in [0.5, 0.6) is 0 Å². The quantitative estimate of drug-likeness (QED) is 0.834. The topological polar surface area (TPSA) is 66.4 Å². The van der Waals surface area contributed by atoms with E-state index in [4.69, 9.17) is 5.11 Å². The number of aliphatic carboxylic acids is 1. The molecule has 0 aromatic heterocycles. The van der Waals surface area contributed by atoms with Crippen LogP contribution in [-0.4, -0.2) is 22.5 Å². The Labute approximate surface area is 118 Å². The van der Waals surface area contributed by atoms with Gasteiger partial charge in [-0.15, -0.1) is 0 Å². The van der Waals surface area contributed by atoms with Gasteiger partial charge in [-0.05, 0) is 38.1 Å². The number of rotatable bonds is 4. The fourth-order valence-corrected chi connectivity index (χ4v) is 1.59. The minimum absolute atomic E-state index is 0.234. The first kappa shape index (κ1) is 15.4. The molecule has 1 aromatic carbocycles. The second-order valence-electron chi connectivity index (χ2n) is 4.42. The standard InChI is InChI=1S/C13H13BrFNO3/c1-13(2,12(18)19)16-11(17)6-3-8-7-9(14)4-5-10(8)15/h3-7H,1-2H3,(H,16,17)(H,18,19)/b6-3+. The Morgan fingerprint density at radius 3 is 2.63 bits per heavy atom. The number of hydrogen-bond donors (Lipinski definition) is 2. The van der Waals surface area contributed by atoms with Crippen molar-refractivity contribution in [2.45, 2.75) is 19.4 Å². The van der Waals surface area contributed by atoms with Gasteiger partial charge < -0.3 is 10.4 Å². The number of halogens is 2. The number of nitrogens with one attached hydrogen (secondary N) is 1. The molecule has 6 heteroatoms. The van der Waals surface area contributed by atoms with Gasteiger partial charge in [0.05, 0.1) is 0 Å². The normalized spacial score (nSPS) is 11.6. The summed E-state index contributed by atoms with van der Waals surface area (Å²) in [6.07, 6.45) is 2.38. The lowest BCUT2D eigenvalue weighted by Gasteiger charge is -2.19. The third-order valence-electron chi connectivity index (χ3n) is 2.34. The van der Waals surface area contributed by atoms with Crippen LogP contribution >= 0.6 is 15.9 Å². The molecule has 0 heterocycles. The highest BCUT2D eigenvalue weighted by Crippen LogP contribution is 2.16. The Balaban J connectivity index is 2.79. The van der Waals surface area contributed by atoms with E-state index in [0.29, 0.717) is 4.47 Å². The highest BCUT2D eigenvalue weighted by atomic mass is 79.9. The number of hydrogen-bond acceptors (Lipinski definition) is 2. The molecule has 0 unspecified atom stereocenters. The third-order valence-corrected chi connectivity index (χ3v) is 2.84. The molecule has 0 bridgehead atoms. The molecule has 0 radical (unpaired) electrons. The lowest BCUT2D eigenvalue weighted by atomic mass is 10.1. The largest absolute Gasteiger partial charge is 0.480 e. The smallest absolute Gasteiger partial charge is 0.328 e. The maximum atomic E-state index is 13.4. The van der Waals surface area contributed by atoms with E-state index in [-0.39, 0.29) is 5.56 Å². The van der Waals surface area contributed by atoms with Crippen LogP contribution in [0, 0.1) is 5.82 Å². The second kappa shape index (κ2) is 5.97. The maximum absolute atomic E-state index is 13.4. The van der Waals surface area contributed by atoms with Gasteiger partial charge >= 0.3 is 5.97 Å². The van der Waals surface area contributed by atoms with Gasteiger partial charge in [0.1, 0.15) is 11.4 Å². The SMILES string of the molecule is CC(C)(NC(=O)/C=C/c1cc(Br)ccc1F)C(=O)O. The van der Waals surface area contributed by atoms with E-state index in [9.17, 15) is 14.0 Å². The van der Waals surface area contributed by atoms with Crippen molar-refractivity contribution in [3.05, 3.63) is 40.1 Å². The number of carboxylic acid groups (broad SMARTS) is 1.